The molecule has 1 fully saturated rings. The normalized spacial score (nSPS) is 20.5. The third-order valence-corrected chi connectivity index (χ3v) is 2.20. The smallest absolute Gasteiger partial charge is 0.0668 e. The van der Waals surface area contributed by atoms with E-state index in [4.69, 9.17) is 0 Å². The molecule has 1 unspecified atom stereocenters. The second kappa shape index (κ2) is 5.47. The maximum atomic E-state index is 4.23. The van der Waals surface area contributed by atoms with Gasteiger partial charge in [0.1, 0.15) is 0 Å². The number of H-pyrrole nitrogens is 1. The Kier molecular flexibility index (Phi) is 5.37. The Morgan fingerprint density at radius 1 is 1.46 bits per heavy atom. The van der Waals surface area contributed by atoms with Crippen molar-refractivity contribution >= 4 is 24.8 Å². The van der Waals surface area contributed by atoms with Crippen molar-refractivity contribution in [2.24, 2.45) is 0 Å². The summed E-state index contributed by atoms with van der Waals surface area (Å²) in [7, 11) is 0. The summed E-state index contributed by atoms with van der Waals surface area (Å²) in [5.74, 6) is 0.639. The second-order valence-electron chi connectivity index (χ2n) is 3.17. The Morgan fingerprint density at radius 2 is 2.23 bits per heavy atom. The molecule has 76 valence electrons. The van der Waals surface area contributed by atoms with E-state index in [1.54, 1.807) is 0 Å². The predicted molar refractivity (Wildman–Crippen MR) is 58.0 cm³/mol. The Hall–Kier alpha value is -0.250. The van der Waals surface area contributed by atoms with Crippen molar-refractivity contribution in [3.8, 4) is 0 Å². The lowest BCUT2D eigenvalue weighted by Crippen LogP contribution is -2.08. The highest BCUT2D eigenvalue weighted by atomic mass is 35.5. The van der Waals surface area contributed by atoms with Gasteiger partial charge in [-0.15, -0.1) is 24.8 Å². The van der Waals surface area contributed by atoms with Gasteiger partial charge in [0, 0.05) is 18.2 Å². The summed E-state index contributed by atoms with van der Waals surface area (Å²) in [4.78, 5) is 0. The first-order chi connectivity index (χ1) is 5.36. The molecule has 0 aromatic carbocycles. The van der Waals surface area contributed by atoms with Gasteiger partial charge in [0.05, 0.1) is 5.69 Å². The number of hydrogen-bond donors (Lipinski definition) is 2. The molecule has 13 heavy (non-hydrogen) atoms. The Morgan fingerprint density at radius 3 is 2.69 bits per heavy atom. The lowest BCUT2D eigenvalue weighted by Gasteiger charge is -2.00. The van der Waals surface area contributed by atoms with E-state index in [9.17, 15) is 0 Å². The Balaban J connectivity index is 0.000000720. The largest absolute Gasteiger partial charge is 0.316 e. The summed E-state index contributed by atoms with van der Waals surface area (Å²) in [6.45, 7) is 4.26. The molecule has 1 aromatic heterocycles. The van der Waals surface area contributed by atoms with E-state index in [-0.39, 0.29) is 24.8 Å². The maximum Gasteiger partial charge on any atom is 0.0668 e. The molecule has 0 spiro atoms. The minimum Gasteiger partial charge on any atom is -0.316 e. The van der Waals surface area contributed by atoms with Gasteiger partial charge >= 0.3 is 0 Å². The van der Waals surface area contributed by atoms with Crippen LogP contribution in [-0.4, -0.2) is 23.3 Å². The predicted octanol–water partition coefficient (Wildman–Crippen LogP) is 1.64. The third kappa shape index (κ3) is 2.86. The van der Waals surface area contributed by atoms with Crippen molar-refractivity contribution in [2.45, 2.75) is 19.3 Å². The molecule has 1 aliphatic rings. The zero-order valence-electron chi connectivity index (χ0n) is 7.54. The molecule has 1 saturated heterocycles. The lowest BCUT2D eigenvalue weighted by molar-refractivity contribution is 0.729. The second-order valence-corrected chi connectivity index (χ2v) is 3.17. The summed E-state index contributed by atoms with van der Waals surface area (Å²) >= 11 is 0. The average molecular weight is 224 g/mol. The summed E-state index contributed by atoms with van der Waals surface area (Å²) in [5, 5.41) is 10.5. The van der Waals surface area contributed by atoms with Crippen LogP contribution in [0.4, 0.5) is 0 Å². The molecule has 0 saturated carbocycles. The van der Waals surface area contributed by atoms with Crippen LogP contribution in [0.2, 0.25) is 0 Å². The fourth-order valence-corrected chi connectivity index (χ4v) is 1.56. The number of halogens is 2. The summed E-state index contributed by atoms with van der Waals surface area (Å²) in [6.07, 6.45) is 1.23. The zero-order valence-corrected chi connectivity index (χ0v) is 9.17. The Labute approximate surface area is 90.5 Å². The molecular formula is C8H15Cl2N3. The van der Waals surface area contributed by atoms with Crippen LogP contribution < -0.4 is 5.32 Å². The van der Waals surface area contributed by atoms with Crippen LogP contribution in [0.25, 0.3) is 0 Å². The van der Waals surface area contributed by atoms with Crippen LogP contribution >= 0.6 is 24.8 Å². The molecule has 2 N–H and O–H groups in total. The number of aromatic nitrogens is 2. The van der Waals surface area contributed by atoms with Crippen LogP contribution in [-0.2, 0) is 0 Å². The molecule has 0 radical (unpaired) electrons. The van der Waals surface area contributed by atoms with Crippen LogP contribution in [0.15, 0.2) is 6.07 Å². The molecule has 2 heterocycles. The zero-order chi connectivity index (χ0) is 7.68. The molecule has 1 atom stereocenters. The van der Waals surface area contributed by atoms with Crippen molar-refractivity contribution < 1.29 is 0 Å². The summed E-state index contributed by atoms with van der Waals surface area (Å²) < 4.78 is 0. The molecule has 3 nitrogen and oxygen atoms in total. The SMILES string of the molecule is Cc1cc(C2CCNC2)n[nH]1.Cl.Cl. The van der Waals surface area contributed by atoms with Gasteiger partial charge in [0.25, 0.3) is 0 Å². The minimum atomic E-state index is 0. The van der Waals surface area contributed by atoms with Gasteiger partial charge in [-0.25, -0.2) is 0 Å². The van der Waals surface area contributed by atoms with Crippen molar-refractivity contribution in [2.75, 3.05) is 13.1 Å². The molecule has 0 bridgehead atoms. The highest BCUT2D eigenvalue weighted by molar-refractivity contribution is 5.85. The fourth-order valence-electron chi connectivity index (χ4n) is 1.56. The van der Waals surface area contributed by atoms with Gasteiger partial charge < -0.3 is 5.32 Å². The molecular weight excluding hydrogens is 209 g/mol. The van der Waals surface area contributed by atoms with E-state index in [1.165, 1.54) is 12.1 Å². The van der Waals surface area contributed by atoms with Crippen molar-refractivity contribution in [3.63, 3.8) is 0 Å². The van der Waals surface area contributed by atoms with Crippen molar-refractivity contribution in [3.05, 3.63) is 17.5 Å². The number of aromatic amines is 1. The number of aryl methyl sites for hydroxylation is 1. The van der Waals surface area contributed by atoms with E-state index in [2.05, 4.69) is 21.6 Å². The first-order valence-electron chi connectivity index (χ1n) is 4.09. The number of nitrogens with one attached hydrogen (secondary N) is 2. The standard InChI is InChI=1S/C8H13N3.2ClH/c1-6-4-8(11-10-6)7-2-3-9-5-7;;/h4,7,9H,2-3,5H2,1H3,(H,10,11);2*1H. The number of nitrogens with zero attached hydrogens (tertiary/aromatic N) is 1. The Bertz CT molecular complexity index is 243. The summed E-state index contributed by atoms with van der Waals surface area (Å²) in [5.41, 5.74) is 2.37. The van der Waals surface area contributed by atoms with Gasteiger partial charge in [-0.1, -0.05) is 0 Å². The van der Waals surface area contributed by atoms with Crippen molar-refractivity contribution in [1.29, 1.82) is 0 Å². The topological polar surface area (TPSA) is 40.7 Å². The third-order valence-electron chi connectivity index (χ3n) is 2.20. The van der Waals surface area contributed by atoms with E-state index in [0.717, 1.165) is 18.8 Å². The average Bonchev–Trinajstić information content (AvgIpc) is 2.55. The van der Waals surface area contributed by atoms with Crippen molar-refractivity contribution in [1.82, 2.24) is 15.5 Å². The first kappa shape index (κ1) is 12.8. The summed E-state index contributed by atoms with van der Waals surface area (Å²) in [6, 6.07) is 2.14. The quantitative estimate of drug-likeness (QED) is 0.761. The molecule has 1 aliphatic heterocycles. The molecule has 1 aromatic rings. The highest BCUT2D eigenvalue weighted by Gasteiger charge is 2.18. The number of rotatable bonds is 1. The molecule has 0 amide bonds. The van der Waals surface area contributed by atoms with Gasteiger partial charge in [0.2, 0.25) is 0 Å². The highest BCUT2D eigenvalue weighted by Crippen LogP contribution is 2.20. The monoisotopic (exact) mass is 223 g/mol. The van der Waals surface area contributed by atoms with E-state index in [1.807, 2.05) is 6.92 Å². The van der Waals surface area contributed by atoms with Gasteiger partial charge in [-0.05, 0) is 26.0 Å². The van der Waals surface area contributed by atoms with E-state index < -0.39 is 0 Å². The fraction of sp³-hybridized carbons (Fsp3) is 0.625. The first-order valence-corrected chi connectivity index (χ1v) is 4.09. The number of hydrogen-bond acceptors (Lipinski definition) is 2. The van der Waals surface area contributed by atoms with Crippen LogP contribution in [0.3, 0.4) is 0 Å². The van der Waals surface area contributed by atoms with Gasteiger partial charge in [-0.2, -0.15) is 5.10 Å². The van der Waals surface area contributed by atoms with Crippen LogP contribution in [0.1, 0.15) is 23.7 Å². The molecule has 5 heteroatoms. The lowest BCUT2D eigenvalue weighted by atomic mass is 10.1. The van der Waals surface area contributed by atoms with Gasteiger partial charge in [0.15, 0.2) is 0 Å². The van der Waals surface area contributed by atoms with Gasteiger partial charge in [-0.3, -0.25) is 5.10 Å². The molecule has 2 rings (SSSR count). The minimum absolute atomic E-state index is 0. The van der Waals surface area contributed by atoms with E-state index in [0.29, 0.717) is 5.92 Å². The van der Waals surface area contributed by atoms with E-state index >= 15 is 0 Å². The van der Waals surface area contributed by atoms with Crippen LogP contribution in [0, 0.1) is 6.92 Å². The maximum absolute atomic E-state index is 4.23. The van der Waals surface area contributed by atoms with Crippen LogP contribution in [0.5, 0.6) is 0 Å². The molecule has 0 aliphatic carbocycles.